The molecule has 0 aromatic rings. The molecule has 2 heterocycles. The topological polar surface area (TPSA) is 15.3 Å². The normalized spacial score (nSPS) is 29.4. The molecule has 2 fully saturated rings. The average Bonchev–Trinajstić information content (AvgIpc) is 2.30. The maximum absolute atomic E-state index is 3.71. The quantitative estimate of drug-likeness (QED) is 0.812. The lowest BCUT2D eigenvalue weighted by Gasteiger charge is -2.30. The summed E-state index contributed by atoms with van der Waals surface area (Å²) in [6, 6.07) is 0. The van der Waals surface area contributed by atoms with Gasteiger partial charge in [0.15, 0.2) is 0 Å². The van der Waals surface area contributed by atoms with Gasteiger partial charge in [-0.2, -0.15) is 11.8 Å². The summed E-state index contributed by atoms with van der Waals surface area (Å²) >= 11 is 2.13. The third kappa shape index (κ3) is 4.27. The van der Waals surface area contributed by atoms with Crippen molar-refractivity contribution in [2.45, 2.75) is 25.7 Å². The fourth-order valence-corrected chi connectivity index (χ4v) is 4.09. The maximum Gasteiger partial charge on any atom is 0.00187 e. The maximum atomic E-state index is 3.71. The molecule has 16 heavy (non-hydrogen) atoms. The molecule has 2 aliphatic heterocycles. The van der Waals surface area contributed by atoms with Crippen LogP contribution < -0.4 is 5.32 Å². The number of likely N-dealkylation sites (tertiary alicyclic amines) is 1. The fraction of sp³-hybridized carbons (Fsp3) is 1.00. The Labute approximate surface area is 105 Å². The zero-order valence-electron chi connectivity index (χ0n) is 10.6. The molecule has 2 aliphatic rings. The van der Waals surface area contributed by atoms with E-state index in [1.807, 2.05) is 0 Å². The van der Waals surface area contributed by atoms with E-state index < -0.39 is 0 Å². The molecule has 0 saturated carbocycles. The van der Waals surface area contributed by atoms with Crippen LogP contribution in [0.25, 0.3) is 0 Å². The Morgan fingerprint density at radius 2 is 1.88 bits per heavy atom. The van der Waals surface area contributed by atoms with E-state index in [2.05, 4.69) is 29.0 Å². The van der Waals surface area contributed by atoms with Crippen LogP contribution in [0.4, 0.5) is 0 Å². The summed E-state index contributed by atoms with van der Waals surface area (Å²) < 4.78 is 0. The van der Waals surface area contributed by atoms with Crippen molar-refractivity contribution in [3.05, 3.63) is 0 Å². The van der Waals surface area contributed by atoms with Crippen molar-refractivity contribution in [2.75, 3.05) is 44.7 Å². The molecule has 0 aromatic heterocycles. The minimum Gasteiger partial charge on any atom is -0.316 e. The van der Waals surface area contributed by atoms with E-state index in [9.17, 15) is 0 Å². The second kappa shape index (κ2) is 6.87. The first-order chi connectivity index (χ1) is 7.84. The lowest BCUT2D eigenvalue weighted by atomic mass is 9.97. The zero-order chi connectivity index (χ0) is 11.2. The van der Waals surface area contributed by atoms with Crippen molar-refractivity contribution in [2.24, 2.45) is 11.8 Å². The molecule has 0 radical (unpaired) electrons. The number of hydrogen-bond acceptors (Lipinski definition) is 3. The molecular formula is C13H26N2S. The van der Waals surface area contributed by atoms with Crippen LogP contribution in [0.2, 0.25) is 0 Å². The lowest BCUT2D eigenvalue weighted by molar-refractivity contribution is 0.204. The minimum atomic E-state index is 0.900. The van der Waals surface area contributed by atoms with E-state index >= 15 is 0 Å². The lowest BCUT2D eigenvalue weighted by Crippen LogP contribution is -2.38. The van der Waals surface area contributed by atoms with Crippen molar-refractivity contribution in [3.8, 4) is 0 Å². The first-order valence-electron chi connectivity index (χ1n) is 6.81. The van der Waals surface area contributed by atoms with Gasteiger partial charge < -0.3 is 10.2 Å². The summed E-state index contributed by atoms with van der Waals surface area (Å²) in [5.74, 6) is 4.64. The van der Waals surface area contributed by atoms with Gasteiger partial charge >= 0.3 is 0 Å². The van der Waals surface area contributed by atoms with Crippen molar-refractivity contribution >= 4 is 11.8 Å². The van der Waals surface area contributed by atoms with Crippen LogP contribution in [0.3, 0.4) is 0 Å². The van der Waals surface area contributed by atoms with Gasteiger partial charge in [0, 0.05) is 6.54 Å². The van der Waals surface area contributed by atoms with Crippen molar-refractivity contribution < 1.29 is 0 Å². The molecule has 0 aromatic carbocycles. The van der Waals surface area contributed by atoms with E-state index in [0.29, 0.717) is 0 Å². The summed E-state index contributed by atoms with van der Waals surface area (Å²) in [5.41, 5.74) is 0. The Hall–Kier alpha value is 0.270. The molecule has 1 atom stereocenters. The Morgan fingerprint density at radius 1 is 1.12 bits per heavy atom. The highest BCUT2D eigenvalue weighted by molar-refractivity contribution is 7.99. The zero-order valence-corrected chi connectivity index (χ0v) is 11.4. The SMILES string of the molecule is CN1CCCC(CNCC2CCSCC2)C1. The molecule has 1 unspecified atom stereocenters. The van der Waals surface area contributed by atoms with Gasteiger partial charge in [0.25, 0.3) is 0 Å². The van der Waals surface area contributed by atoms with Gasteiger partial charge in [0.05, 0.1) is 0 Å². The van der Waals surface area contributed by atoms with Gasteiger partial charge in [-0.3, -0.25) is 0 Å². The molecule has 0 aliphatic carbocycles. The first kappa shape index (κ1) is 12.7. The van der Waals surface area contributed by atoms with Gasteiger partial charge in [-0.15, -0.1) is 0 Å². The summed E-state index contributed by atoms with van der Waals surface area (Å²) in [6.45, 7) is 5.11. The Morgan fingerprint density at radius 3 is 2.62 bits per heavy atom. The molecule has 0 amide bonds. The number of nitrogens with one attached hydrogen (secondary N) is 1. The van der Waals surface area contributed by atoms with Crippen LogP contribution in [0.5, 0.6) is 0 Å². The molecule has 1 N–H and O–H groups in total. The number of nitrogens with zero attached hydrogens (tertiary/aromatic N) is 1. The van der Waals surface area contributed by atoms with Crippen LogP contribution in [-0.4, -0.2) is 49.6 Å². The van der Waals surface area contributed by atoms with Crippen molar-refractivity contribution in [1.82, 2.24) is 10.2 Å². The molecular weight excluding hydrogens is 216 g/mol. The molecule has 2 rings (SSSR count). The van der Waals surface area contributed by atoms with E-state index in [1.165, 1.54) is 63.4 Å². The van der Waals surface area contributed by atoms with Gasteiger partial charge in [-0.05, 0) is 75.7 Å². The van der Waals surface area contributed by atoms with E-state index in [-0.39, 0.29) is 0 Å². The van der Waals surface area contributed by atoms with Crippen LogP contribution in [0.15, 0.2) is 0 Å². The molecule has 3 heteroatoms. The highest BCUT2D eigenvalue weighted by atomic mass is 32.2. The number of piperidine rings is 1. The Bertz CT molecular complexity index is 192. The first-order valence-corrected chi connectivity index (χ1v) is 7.97. The summed E-state index contributed by atoms with van der Waals surface area (Å²) in [7, 11) is 2.25. The second-order valence-corrected chi connectivity index (χ2v) is 6.71. The number of rotatable bonds is 4. The van der Waals surface area contributed by atoms with Crippen LogP contribution in [0.1, 0.15) is 25.7 Å². The standard InChI is InChI=1S/C13H26N2S/c1-15-6-2-3-13(11-15)10-14-9-12-4-7-16-8-5-12/h12-14H,2-11H2,1H3. The molecule has 0 spiro atoms. The Balaban J connectivity index is 1.56. The number of thioether (sulfide) groups is 1. The number of hydrogen-bond donors (Lipinski definition) is 1. The summed E-state index contributed by atoms with van der Waals surface area (Å²) in [6.07, 6.45) is 5.69. The van der Waals surface area contributed by atoms with E-state index in [0.717, 1.165) is 11.8 Å². The Kier molecular flexibility index (Phi) is 5.46. The predicted octanol–water partition coefficient (Wildman–Crippen LogP) is 2.06. The van der Waals surface area contributed by atoms with Gasteiger partial charge in [-0.1, -0.05) is 0 Å². The summed E-state index contributed by atoms with van der Waals surface area (Å²) in [4.78, 5) is 2.48. The summed E-state index contributed by atoms with van der Waals surface area (Å²) in [5, 5.41) is 3.71. The third-order valence-corrected chi connectivity index (χ3v) is 4.98. The van der Waals surface area contributed by atoms with Crippen molar-refractivity contribution in [1.29, 1.82) is 0 Å². The smallest absolute Gasteiger partial charge is 0.00187 e. The molecule has 94 valence electrons. The molecule has 2 nitrogen and oxygen atoms in total. The van der Waals surface area contributed by atoms with E-state index in [4.69, 9.17) is 0 Å². The van der Waals surface area contributed by atoms with Gasteiger partial charge in [0.2, 0.25) is 0 Å². The molecule has 2 saturated heterocycles. The van der Waals surface area contributed by atoms with Crippen LogP contribution in [0, 0.1) is 11.8 Å². The highest BCUT2D eigenvalue weighted by Gasteiger charge is 2.18. The molecule has 0 bridgehead atoms. The van der Waals surface area contributed by atoms with Gasteiger partial charge in [-0.25, -0.2) is 0 Å². The third-order valence-electron chi connectivity index (χ3n) is 3.93. The van der Waals surface area contributed by atoms with Crippen LogP contribution in [-0.2, 0) is 0 Å². The second-order valence-electron chi connectivity index (χ2n) is 5.48. The highest BCUT2D eigenvalue weighted by Crippen LogP contribution is 2.22. The van der Waals surface area contributed by atoms with E-state index in [1.54, 1.807) is 0 Å². The minimum absolute atomic E-state index is 0.900. The fourth-order valence-electron chi connectivity index (χ4n) is 2.88. The largest absolute Gasteiger partial charge is 0.316 e. The van der Waals surface area contributed by atoms with Crippen LogP contribution >= 0.6 is 11.8 Å². The monoisotopic (exact) mass is 242 g/mol. The predicted molar refractivity (Wildman–Crippen MR) is 73.1 cm³/mol. The van der Waals surface area contributed by atoms with Crippen molar-refractivity contribution in [3.63, 3.8) is 0 Å². The average molecular weight is 242 g/mol. The van der Waals surface area contributed by atoms with Gasteiger partial charge in [0.1, 0.15) is 0 Å².